The van der Waals surface area contributed by atoms with E-state index in [1.54, 1.807) is 16.2 Å². The van der Waals surface area contributed by atoms with Crippen LogP contribution in [0.25, 0.3) is 10.2 Å². The van der Waals surface area contributed by atoms with E-state index in [1.807, 2.05) is 29.2 Å². The molecule has 0 saturated carbocycles. The number of thiazole rings is 1. The molecule has 0 spiro atoms. The standard InChI is InChI=1S/C15H18N4O2S2/c16-14(21)19-7-3-6-18(8-9-19)13(20)10-22-15-17-11-4-1-2-5-12(11)23-15/h1-2,4-5H,3,6-10H2,(H2,16,21). The molecule has 1 aromatic carbocycles. The first kappa shape index (κ1) is 16.1. The number of primary amides is 1. The van der Waals surface area contributed by atoms with Crippen LogP contribution in [0, 0.1) is 0 Å². The first-order chi connectivity index (χ1) is 11.1. The second-order valence-electron chi connectivity index (χ2n) is 5.30. The summed E-state index contributed by atoms with van der Waals surface area (Å²) in [6.07, 6.45) is 0.764. The molecule has 122 valence electrons. The van der Waals surface area contributed by atoms with Gasteiger partial charge in [-0.3, -0.25) is 4.79 Å². The van der Waals surface area contributed by atoms with Crippen LogP contribution in [-0.2, 0) is 4.79 Å². The Bertz CT molecular complexity index is 685. The maximum absolute atomic E-state index is 12.4. The molecule has 2 heterocycles. The van der Waals surface area contributed by atoms with Crippen LogP contribution in [0.4, 0.5) is 4.79 Å². The Labute approximate surface area is 142 Å². The van der Waals surface area contributed by atoms with Gasteiger partial charge in [-0.2, -0.15) is 0 Å². The van der Waals surface area contributed by atoms with Crippen LogP contribution >= 0.6 is 23.1 Å². The summed E-state index contributed by atoms with van der Waals surface area (Å²) in [5.74, 6) is 0.455. The fourth-order valence-corrected chi connectivity index (χ4v) is 4.49. The molecule has 0 bridgehead atoms. The Morgan fingerprint density at radius 3 is 2.70 bits per heavy atom. The maximum Gasteiger partial charge on any atom is 0.314 e. The Morgan fingerprint density at radius 1 is 1.17 bits per heavy atom. The number of benzene rings is 1. The van der Waals surface area contributed by atoms with Crippen molar-refractivity contribution >= 4 is 45.3 Å². The molecule has 8 heteroatoms. The van der Waals surface area contributed by atoms with E-state index in [4.69, 9.17) is 5.73 Å². The number of hydrogen-bond acceptors (Lipinski definition) is 5. The van der Waals surface area contributed by atoms with Gasteiger partial charge in [-0.15, -0.1) is 11.3 Å². The number of nitrogens with zero attached hydrogens (tertiary/aromatic N) is 3. The van der Waals surface area contributed by atoms with E-state index in [1.165, 1.54) is 11.8 Å². The summed E-state index contributed by atoms with van der Waals surface area (Å²) in [5, 5.41) is 0. The van der Waals surface area contributed by atoms with E-state index >= 15 is 0 Å². The molecule has 2 N–H and O–H groups in total. The Morgan fingerprint density at radius 2 is 1.91 bits per heavy atom. The summed E-state index contributed by atoms with van der Waals surface area (Å²) < 4.78 is 2.04. The largest absolute Gasteiger partial charge is 0.351 e. The summed E-state index contributed by atoms with van der Waals surface area (Å²) in [6, 6.07) is 7.55. The molecule has 0 unspecified atom stereocenters. The van der Waals surface area contributed by atoms with E-state index < -0.39 is 6.03 Å². The SMILES string of the molecule is NC(=O)N1CCCN(C(=O)CSc2nc3ccccc3s2)CC1. The predicted molar refractivity (Wildman–Crippen MR) is 92.7 cm³/mol. The number of carbonyl (C=O) groups excluding carboxylic acids is 2. The molecule has 2 aromatic rings. The minimum absolute atomic E-state index is 0.0839. The van der Waals surface area contributed by atoms with Gasteiger partial charge in [-0.1, -0.05) is 23.9 Å². The monoisotopic (exact) mass is 350 g/mol. The van der Waals surface area contributed by atoms with E-state index in [0.29, 0.717) is 31.9 Å². The maximum atomic E-state index is 12.4. The molecule has 0 atom stereocenters. The topological polar surface area (TPSA) is 79.5 Å². The van der Waals surface area contributed by atoms with Crippen molar-refractivity contribution < 1.29 is 9.59 Å². The second kappa shape index (κ2) is 7.18. The summed E-state index contributed by atoms with van der Waals surface area (Å²) in [7, 11) is 0. The molecule has 1 aliphatic heterocycles. The normalized spacial score (nSPS) is 15.7. The lowest BCUT2D eigenvalue weighted by atomic mass is 10.3. The van der Waals surface area contributed by atoms with Gasteiger partial charge in [-0.25, -0.2) is 9.78 Å². The van der Waals surface area contributed by atoms with Crippen LogP contribution in [0.1, 0.15) is 6.42 Å². The lowest BCUT2D eigenvalue weighted by Gasteiger charge is -2.20. The van der Waals surface area contributed by atoms with Crippen molar-refractivity contribution in [3.63, 3.8) is 0 Å². The predicted octanol–water partition coefficient (Wildman–Crippen LogP) is 2.00. The second-order valence-corrected chi connectivity index (χ2v) is 7.55. The van der Waals surface area contributed by atoms with Crippen LogP contribution in [0.5, 0.6) is 0 Å². The summed E-state index contributed by atoms with van der Waals surface area (Å²) in [6.45, 7) is 2.34. The highest BCUT2D eigenvalue weighted by Crippen LogP contribution is 2.29. The number of fused-ring (bicyclic) bond motifs is 1. The number of aromatic nitrogens is 1. The van der Waals surface area contributed by atoms with E-state index in [0.717, 1.165) is 21.0 Å². The number of amides is 3. The van der Waals surface area contributed by atoms with Gasteiger partial charge in [0.2, 0.25) is 5.91 Å². The highest BCUT2D eigenvalue weighted by Gasteiger charge is 2.21. The molecule has 1 aromatic heterocycles. The molecule has 1 aliphatic rings. The minimum atomic E-state index is -0.414. The lowest BCUT2D eigenvalue weighted by Crippen LogP contribution is -2.40. The van der Waals surface area contributed by atoms with Gasteiger partial charge in [0.05, 0.1) is 16.0 Å². The zero-order valence-corrected chi connectivity index (χ0v) is 14.2. The molecule has 0 radical (unpaired) electrons. The molecule has 6 nitrogen and oxygen atoms in total. The quantitative estimate of drug-likeness (QED) is 0.859. The van der Waals surface area contributed by atoms with Crippen molar-refractivity contribution in [2.75, 3.05) is 31.9 Å². The van der Waals surface area contributed by atoms with Gasteiger partial charge in [0.1, 0.15) is 0 Å². The fourth-order valence-electron chi connectivity index (χ4n) is 2.51. The minimum Gasteiger partial charge on any atom is -0.351 e. The Balaban J connectivity index is 1.55. The van der Waals surface area contributed by atoms with Crippen LogP contribution in [0.15, 0.2) is 28.6 Å². The van der Waals surface area contributed by atoms with Crippen LogP contribution in [-0.4, -0.2) is 58.7 Å². The summed E-state index contributed by atoms with van der Waals surface area (Å²) >= 11 is 3.08. The average Bonchev–Trinajstić information content (AvgIpc) is 2.79. The number of hydrogen-bond donors (Lipinski definition) is 1. The third-order valence-corrected chi connectivity index (χ3v) is 5.92. The van der Waals surface area contributed by atoms with Gasteiger partial charge in [0, 0.05) is 26.2 Å². The van der Waals surface area contributed by atoms with E-state index in [9.17, 15) is 9.59 Å². The van der Waals surface area contributed by atoms with Crippen molar-refractivity contribution in [1.29, 1.82) is 0 Å². The lowest BCUT2D eigenvalue weighted by molar-refractivity contribution is -0.128. The third-order valence-electron chi connectivity index (χ3n) is 3.75. The summed E-state index contributed by atoms with van der Waals surface area (Å²) in [4.78, 5) is 31.5. The average molecular weight is 350 g/mol. The van der Waals surface area contributed by atoms with Crippen LogP contribution < -0.4 is 5.73 Å². The van der Waals surface area contributed by atoms with Crippen molar-refractivity contribution in [3.05, 3.63) is 24.3 Å². The highest BCUT2D eigenvalue weighted by atomic mass is 32.2. The number of carbonyl (C=O) groups is 2. The molecule has 3 amide bonds. The first-order valence-corrected chi connectivity index (χ1v) is 9.24. The van der Waals surface area contributed by atoms with Crippen molar-refractivity contribution in [3.8, 4) is 0 Å². The molecule has 1 saturated heterocycles. The molecule has 1 fully saturated rings. The fraction of sp³-hybridized carbons (Fsp3) is 0.400. The zero-order chi connectivity index (χ0) is 16.2. The summed E-state index contributed by atoms with van der Waals surface area (Å²) in [5.41, 5.74) is 6.27. The molecular formula is C15H18N4O2S2. The smallest absolute Gasteiger partial charge is 0.314 e. The molecular weight excluding hydrogens is 332 g/mol. The zero-order valence-electron chi connectivity index (χ0n) is 12.6. The highest BCUT2D eigenvalue weighted by molar-refractivity contribution is 8.01. The van der Waals surface area contributed by atoms with Crippen LogP contribution in [0.2, 0.25) is 0 Å². The molecule has 0 aliphatic carbocycles. The van der Waals surface area contributed by atoms with Gasteiger partial charge in [0.25, 0.3) is 0 Å². The van der Waals surface area contributed by atoms with Gasteiger partial charge in [-0.05, 0) is 18.6 Å². The van der Waals surface area contributed by atoms with Gasteiger partial charge in [0.15, 0.2) is 4.34 Å². The Kier molecular flexibility index (Phi) is 5.02. The third kappa shape index (κ3) is 3.94. The number of urea groups is 1. The van der Waals surface area contributed by atoms with Gasteiger partial charge < -0.3 is 15.5 Å². The van der Waals surface area contributed by atoms with Crippen molar-refractivity contribution in [2.45, 2.75) is 10.8 Å². The Hall–Kier alpha value is -1.80. The molecule has 3 rings (SSSR count). The number of thioether (sulfide) groups is 1. The van der Waals surface area contributed by atoms with Crippen LogP contribution in [0.3, 0.4) is 0 Å². The van der Waals surface area contributed by atoms with E-state index in [2.05, 4.69) is 4.98 Å². The van der Waals surface area contributed by atoms with E-state index in [-0.39, 0.29) is 5.91 Å². The van der Waals surface area contributed by atoms with Gasteiger partial charge >= 0.3 is 6.03 Å². The first-order valence-electron chi connectivity index (χ1n) is 7.44. The number of nitrogens with two attached hydrogens (primary N) is 1. The van der Waals surface area contributed by atoms with Crippen molar-refractivity contribution in [1.82, 2.24) is 14.8 Å². The van der Waals surface area contributed by atoms with Crippen molar-refractivity contribution in [2.24, 2.45) is 5.73 Å². The number of para-hydroxylation sites is 1. The molecule has 23 heavy (non-hydrogen) atoms. The number of rotatable bonds is 3.